The molecular formula is C19H22LiP. The standard InChI is InChI=1S/C19H22P.Li/c1-13(2)20(14(3)4)19-17-11-7-5-9-15(17)16-10-6-8-12-18(16)19;/h5-11,13-14,19H,1-4H3;/q-1;+1. The van der Waals surface area contributed by atoms with Crippen LogP contribution >= 0.6 is 7.92 Å². The fraction of sp³-hybridized carbons (Fsp3) is 0.368. The van der Waals surface area contributed by atoms with E-state index in [9.17, 15) is 0 Å². The van der Waals surface area contributed by atoms with Crippen LogP contribution in [0.5, 0.6) is 0 Å². The van der Waals surface area contributed by atoms with Gasteiger partial charge in [0.05, 0.1) is 0 Å². The predicted octanol–water partition coefficient (Wildman–Crippen LogP) is 2.86. The van der Waals surface area contributed by atoms with E-state index in [0.29, 0.717) is 5.66 Å². The predicted molar refractivity (Wildman–Crippen MR) is 89.7 cm³/mol. The van der Waals surface area contributed by atoms with Gasteiger partial charge in [-0.25, -0.2) is 0 Å². The van der Waals surface area contributed by atoms with Crippen LogP contribution in [-0.4, -0.2) is 11.3 Å². The van der Waals surface area contributed by atoms with Crippen LogP contribution < -0.4 is 18.9 Å². The van der Waals surface area contributed by atoms with Gasteiger partial charge >= 0.3 is 18.9 Å². The van der Waals surface area contributed by atoms with Gasteiger partial charge in [-0.1, -0.05) is 65.4 Å². The van der Waals surface area contributed by atoms with Crippen molar-refractivity contribution in [3.05, 3.63) is 59.7 Å². The molecule has 1 atom stereocenters. The summed E-state index contributed by atoms with van der Waals surface area (Å²) in [5.41, 5.74) is 7.84. The van der Waals surface area contributed by atoms with E-state index in [4.69, 9.17) is 0 Å². The second-order valence-corrected chi connectivity index (χ2v) is 9.60. The zero-order chi connectivity index (χ0) is 14.3. The Labute approximate surface area is 142 Å². The normalized spacial score (nSPS) is 16.0. The number of hydrogen-bond donors (Lipinski definition) is 0. The number of fused-ring (bicyclic) bond motifs is 3. The molecule has 0 fully saturated rings. The zero-order valence-corrected chi connectivity index (χ0v) is 14.6. The van der Waals surface area contributed by atoms with Crippen LogP contribution in [0.4, 0.5) is 0 Å². The van der Waals surface area contributed by atoms with E-state index in [1.807, 2.05) is 0 Å². The third-order valence-electron chi connectivity index (χ3n) is 4.20. The van der Waals surface area contributed by atoms with E-state index in [2.05, 4.69) is 76.2 Å². The van der Waals surface area contributed by atoms with Gasteiger partial charge in [-0.05, 0) is 16.9 Å². The molecule has 2 aromatic carbocycles. The SMILES string of the molecule is CC(C)P(C(C)C)C1c2[c-]cccc2-c2ccccc21.[Li+]. The molecule has 1 unspecified atom stereocenters. The van der Waals surface area contributed by atoms with Gasteiger partial charge in [0.25, 0.3) is 0 Å². The monoisotopic (exact) mass is 288 g/mol. The Morgan fingerprint density at radius 3 is 2.19 bits per heavy atom. The van der Waals surface area contributed by atoms with Crippen LogP contribution in [0.3, 0.4) is 0 Å². The van der Waals surface area contributed by atoms with Crippen molar-refractivity contribution < 1.29 is 18.9 Å². The summed E-state index contributed by atoms with van der Waals surface area (Å²) in [5.74, 6) is 0. The number of rotatable bonds is 3. The minimum absolute atomic E-state index is 0. The molecule has 1 aliphatic carbocycles. The van der Waals surface area contributed by atoms with Gasteiger partial charge in [0.15, 0.2) is 0 Å². The van der Waals surface area contributed by atoms with E-state index in [0.717, 1.165) is 11.3 Å². The number of hydrogen-bond acceptors (Lipinski definition) is 0. The fourth-order valence-electron chi connectivity index (χ4n) is 3.55. The Hall–Kier alpha value is -0.533. The maximum atomic E-state index is 3.55. The van der Waals surface area contributed by atoms with Crippen molar-refractivity contribution in [2.45, 2.75) is 44.7 Å². The van der Waals surface area contributed by atoms with Crippen LogP contribution in [-0.2, 0) is 0 Å². The molecule has 0 saturated carbocycles. The molecule has 3 rings (SSSR count). The Morgan fingerprint density at radius 1 is 0.905 bits per heavy atom. The third-order valence-corrected chi connectivity index (χ3v) is 7.72. The molecule has 0 radical (unpaired) electrons. The first-order valence-corrected chi connectivity index (χ1v) is 9.03. The summed E-state index contributed by atoms with van der Waals surface area (Å²) in [7, 11) is -0.0842. The summed E-state index contributed by atoms with van der Waals surface area (Å²) in [6, 6.07) is 19.0. The van der Waals surface area contributed by atoms with Gasteiger partial charge in [-0.3, -0.25) is 0 Å². The van der Waals surface area contributed by atoms with Crippen LogP contribution in [0.1, 0.15) is 44.5 Å². The summed E-state index contributed by atoms with van der Waals surface area (Å²) < 4.78 is 0. The third kappa shape index (κ3) is 2.87. The first kappa shape index (κ1) is 16.8. The molecule has 0 aromatic heterocycles. The van der Waals surface area contributed by atoms with E-state index >= 15 is 0 Å². The van der Waals surface area contributed by atoms with Gasteiger partial charge in [0.1, 0.15) is 0 Å². The minimum Gasteiger partial charge on any atom is -0.179 e. The van der Waals surface area contributed by atoms with Gasteiger partial charge < -0.3 is 0 Å². The molecule has 1 aliphatic rings. The summed E-state index contributed by atoms with van der Waals surface area (Å²) in [6.45, 7) is 9.54. The summed E-state index contributed by atoms with van der Waals surface area (Å²) in [6.07, 6.45) is 0. The molecule has 2 aromatic rings. The van der Waals surface area contributed by atoms with Crippen molar-refractivity contribution >= 4 is 7.92 Å². The maximum Gasteiger partial charge on any atom is 1.00 e. The number of benzene rings is 2. The fourth-order valence-corrected chi connectivity index (χ4v) is 6.99. The quantitative estimate of drug-likeness (QED) is 0.463. The average Bonchev–Trinajstić information content (AvgIpc) is 2.74. The molecule has 0 aliphatic heterocycles. The molecule has 0 heterocycles. The Kier molecular flexibility index (Phi) is 5.37. The second kappa shape index (κ2) is 6.70. The van der Waals surface area contributed by atoms with Gasteiger partial charge in [0, 0.05) is 5.66 Å². The Balaban J connectivity index is 0.00000161. The molecular weight excluding hydrogens is 266 g/mol. The van der Waals surface area contributed by atoms with Crippen molar-refractivity contribution in [2.75, 3.05) is 0 Å². The second-order valence-electron chi connectivity index (χ2n) is 6.12. The minimum atomic E-state index is -0.0842. The zero-order valence-electron chi connectivity index (χ0n) is 13.7. The average molecular weight is 288 g/mol. The largest absolute Gasteiger partial charge is 1.00 e. The Morgan fingerprint density at radius 2 is 1.52 bits per heavy atom. The first-order chi connectivity index (χ1) is 9.61. The van der Waals surface area contributed by atoms with E-state index in [1.54, 1.807) is 0 Å². The molecule has 0 N–H and O–H groups in total. The van der Waals surface area contributed by atoms with Crippen molar-refractivity contribution in [3.63, 3.8) is 0 Å². The molecule has 0 spiro atoms. The van der Waals surface area contributed by atoms with Crippen LogP contribution in [0, 0.1) is 6.07 Å². The van der Waals surface area contributed by atoms with Crippen molar-refractivity contribution in [2.24, 2.45) is 0 Å². The topological polar surface area (TPSA) is 0 Å². The van der Waals surface area contributed by atoms with E-state index in [1.165, 1.54) is 22.3 Å². The van der Waals surface area contributed by atoms with Crippen LogP contribution in [0.15, 0.2) is 42.5 Å². The van der Waals surface area contributed by atoms with Gasteiger partial charge in [-0.2, -0.15) is 24.3 Å². The van der Waals surface area contributed by atoms with Gasteiger partial charge in [0.2, 0.25) is 0 Å². The maximum absolute atomic E-state index is 3.55. The van der Waals surface area contributed by atoms with Gasteiger partial charge in [-0.15, -0.1) is 11.1 Å². The Bertz CT molecular complexity index is 565. The molecule has 0 nitrogen and oxygen atoms in total. The van der Waals surface area contributed by atoms with E-state index < -0.39 is 0 Å². The molecule has 2 heteroatoms. The molecule has 21 heavy (non-hydrogen) atoms. The smallest absolute Gasteiger partial charge is 0.179 e. The molecule has 104 valence electrons. The molecule has 0 saturated heterocycles. The van der Waals surface area contributed by atoms with Crippen LogP contribution in [0.2, 0.25) is 0 Å². The van der Waals surface area contributed by atoms with Crippen molar-refractivity contribution in [1.82, 2.24) is 0 Å². The van der Waals surface area contributed by atoms with Crippen LogP contribution in [0.25, 0.3) is 11.1 Å². The first-order valence-electron chi connectivity index (χ1n) is 7.48. The summed E-state index contributed by atoms with van der Waals surface area (Å²) >= 11 is 0. The molecule has 0 amide bonds. The summed E-state index contributed by atoms with van der Waals surface area (Å²) in [4.78, 5) is 0. The van der Waals surface area contributed by atoms with Crippen molar-refractivity contribution in [3.8, 4) is 11.1 Å². The molecule has 0 bridgehead atoms. The van der Waals surface area contributed by atoms with Crippen molar-refractivity contribution in [1.29, 1.82) is 0 Å². The summed E-state index contributed by atoms with van der Waals surface area (Å²) in [5, 5.41) is 0. The van der Waals surface area contributed by atoms with E-state index in [-0.39, 0.29) is 26.8 Å².